The van der Waals surface area contributed by atoms with Crippen LogP contribution >= 0.6 is 0 Å². The molecule has 4 nitrogen and oxygen atoms in total. The molecule has 1 atom stereocenters. The fourth-order valence-electron chi connectivity index (χ4n) is 2.56. The molecule has 2 rings (SSSR count). The van der Waals surface area contributed by atoms with Crippen LogP contribution in [-0.2, 0) is 0 Å². The molecule has 0 spiro atoms. The van der Waals surface area contributed by atoms with Gasteiger partial charge in [-0.3, -0.25) is 9.69 Å². The van der Waals surface area contributed by atoms with E-state index in [1.165, 1.54) is 4.90 Å². The Balaban J connectivity index is 1.77. The van der Waals surface area contributed by atoms with E-state index in [0.717, 1.165) is 0 Å². The maximum Gasteiger partial charge on any atom is 0.401 e. The molecule has 7 heteroatoms. The zero-order valence-corrected chi connectivity index (χ0v) is 12.3. The van der Waals surface area contributed by atoms with Gasteiger partial charge in [0.05, 0.1) is 13.7 Å². The number of halogens is 3. The van der Waals surface area contributed by atoms with Crippen LogP contribution in [0.1, 0.15) is 16.8 Å². The molecule has 22 heavy (non-hydrogen) atoms. The SMILES string of the molecule is COc1ccc(C(=O)NC[C@H]2CCN(CC(F)(F)F)C2)cc1. The molecule has 1 saturated heterocycles. The second kappa shape index (κ2) is 7.00. The van der Waals surface area contributed by atoms with Crippen molar-refractivity contribution in [2.24, 2.45) is 5.92 Å². The van der Waals surface area contributed by atoms with E-state index in [0.29, 0.717) is 37.4 Å². The van der Waals surface area contributed by atoms with Gasteiger partial charge in [-0.05, 0) is 43.1 Å². The zero-order chi connectivity index (χ0) is 16.2. The van der Waals surface area contributed by atoms with Crippen molar-refractivity contribution in [3.05, 3.63) is 29.8 Å². The Kier molecular flexibility index (Phi) is 5.28. The smallest absolute Gasteiger partial charge is 0.401 e. The van der Waals surface area contributed by atoms with Crippen LogP contribution in [-0.4, -0.2) is 50.3 Å². The van der Waals surface area contributed by atoms with E-state index in [1.807, 2.05) is 0 Å². The Morgan fingerprint density at radius 3 is 2.64 bits per heavy atom. The molecule has 0 aromatic heterocycles. The summed E-state index contributed by atoms with van der Waals surface area (Å²) in [5.41, 5.74) is 0.506. The molecular formula is C15H19F3N2O2. The van der Waals surface area contributed by atoms with Crippen molar-refractivity contribution in [3.8, 4) is 5.75 Å². The van der Waals surface area contributed by atoms with E-state index >= 15 is 0 Å². The lowest BCUT2D eigenvalue weighted by atomic mass is 10.1. The molecule has 0 bridgehead atoms. The topological polar surface area (TPSA) is 41.6 Å². The van der Waals surface area contributed by atoms with Gasteiger partial charge in [-0.2, -0.15) is 13.2 Å². The van der Waals surface area contributed by atoms with E-state index in [-0.39, 0.29) is 11.8 Å². The van der Waals surface area contributed by atoms with Gasteiger partial charge in [-0.25, -0.2) is 0 Å². The number of amides is 1. The first-order chi connectivity index (χ1) is 10.4. The summed E-state index contributed by atoms with van der Waals surface area (Å²) in [7, 11) is 1.54. The van der Waals surface area contributed by atoms with Crippen molar-refractivity contribution in [3.63, 3.8) is 0 Å². The van der Waals surface area contributed by atoms with Gasteiger partial charge >= 0.3 is 6.18 Å². The second-order valence-corrected chi connectivity index (χ2v) is 5.44. The molecule has 1 aliphatic rings. The predicted octanol–water partition coefficient (Wildman–Crippen LogP) is 2.31. The van der Waals surface area contributed by atoms with Crippen LogP contribution in [0.4, 0.5) is 13.2 Å². The van der Waals surface area contributed by atoms with Crippen LogP contribution in [0.25, 0.3) is 0 Å². The van der Waals surface area contributed by atoms with Gasteiger partial charge in [0.25, 0.3) is 5.91 Å². The van der Waals surface area contributed by atoms with Crippen molar-refractivity contribution in [1.82, 2.24) is 10.2 Å². The van der Waals surface area contributed by atoms with Gasteiger partial charge in [0, 0.05) is 18.7 Å². The fraction of sp³-hybridized carbons (Fsp3) is 0.533. The lowest BCUT2D eigenvalue weighted by Crippen LogP contribution is -2.34. The number of likely N-dealkylation sites (tertiary alicyclic amines) is 1. The third-order valence-electron chi connectivity index (χ3n) is 3.68. The Morgan fingerprint density at radius 1 is 1.36 bits per heavy atom. The molecule has 0 radical (unpaired) electrons. The number of carbonyl (C=O) groups is 1. The average Bonchev–Trinajstić information content (AvgIpc) is 2.90. The zero-order valence-electron chi connectivity index (χ0n) is 12.3. The highest BCUT2D eigenvalue weighted by Gasteiger charge is 2.34. The summed E-state index contributed by atoms with van der Waals surface area (Å²) in [6, 6.07) is 6.68. The first kappa shape index (κ1) is 16.6. The van der Waals surface area contributed by atoms with Gasteiger partial charge in [-0.15, -0.1) is 0 Å². The van der Waals surface area contributed by atoms with Crippen molar-refractivity contribution in [1.29, 1.82) is 0 Å². The number of rotatable bonds is 5. The van der Waals surface area contributed by atoms with Crippen molar-refractivity contribution < 1.29 is 22.7 Å². The number of hydrogen-bond acceptors (Lipinski definition) is 3. The quantitative estimate of drug-likeness (QED) is 0.906. The molecule has 122 valence electrons. The second-order valence-electron chi connectivity index (χ2n) is 5.44. The summed E-state index contributed by atoms with van der Waals surface area (Å²) >= 11 is 0. The molecule has 1 aliphatic heterocycles. The molecule has 0 aliphatic carbocycles. The molecule has 1 amide bonds. The maximum absolute atomic E-state index is 12.3. The third-order valence-corrected chi connectivity index (χ3v) is 3.68. The number of hydrogen-bond donors (Lipinski definition) is 1. The van der Waals surface area contributed by atoms with Crippen LogP contribution in [0.2, 0.25) is 0 Å². The van der Waals surface area contributed by atoms with E-state index in [2.05, 4.69) is 5.32 Å². The Hall–Kier alpha value is -1.76. The Morgan fingerprint density at radius 2 is 2.05 bits per heavy atom. The van der Waals surface area contributed by atoms with E-state index in [9.17, 15) is 18.0 Å². The van der Waals surface area contributed by atoms with Gasteiger partial charge in [-0.1, -0.05) is 0 Å². The number of ether oxygens (including phenoxy) is 1. The minimum atomic E-state index is -4.17. The number of nitrogens with one attached hydrogen (secondary N) is 1. The number of benzene rings is 1. The maximum atomic E-state index is 12.3. The summed E-state index contributed by atoms with van der Waals surface area (Å²) in [5.74, 6) is 0.497. The van der Waals surface area contributed by atoms with E-state index in [4.69, 9.17) is 4.74 Å². The number of carbonyl (C=O) groups excluding carboxylic acids is 1. The predicted molar refractivity (Wildman–Crippen MR) is 75.9 cm³/mol. The summed E-state index contributed by atoms with van der Waals surface area (Å²) in [6.07, 6.45) is -3.50. The summed E-state index contributed by atoms with van der Waals surface area (Å²) in [6.45, 7) is 0.292. The standard InChI is InChI=1S/C15H19F3N2O2/c1-22-13-4-2-12(3-5-13)14(21)19-8-11-6-7-20(9-11)10-15(16,17)18/h2-5,11H,6-10H2,1H3,(H,19,21)/t11-/m1/s1. The number of alkyl halides is 3. The lowest BCUT2D eigenvalue weighted by molar-refractivity contribution is -0.143. The molecule has 1 aromatic carbocycles. The molecule has 1 N–H and O–H groups in total. The van der Waals surface area contributed by atoms with E-state index in [1.54, 1.807) is 31.4 Å². The molecule has 0 unspecified atom stereocenters. The third kappa shape index (κ3) is 4.91. The normalized spacial score (nSPS) is 19.2. The molecule has 1 heterocycles. The molecular weight excluding hydrogens is 297 g/mol. The van der Waals surface area contributed by atoms with Crippen molar-refractivity contribution >= 4 is 5.91 Å². The summed E-state index contributed by atoms with van der Waals surface area (Å²) in [5, 5.41) is 2.77. The van der Waals surface area contributed by atoms with Gasteiger partial charge in [0.2, 0.25) is 0 Å². The first-order valence-corrected chi connectivity index (χ1v) is 7.09. The number of nitrogens with zero attached hydrogens (tertiary/aromatic N) is 1. The fourth-order valence-corrected chi connectivity index (χ4v) is 2.56. The van der Waals surface area contributed by atoms with Crippen molar-refractivity contribution in [2.75, 3.05) is 33.3 Å². The average molecular weight is 316 g/mol. The first-order valence-electron chi connectivity index (χ1n) is 7.09. The molecule has 1 fully saturated rings. The van der Waals surface area contributed by atoms with Crippen LogP contribution < -0.4 is 10.1 Å². The lowest BCUT2D eigenvalue weighted by Gasteiger charge is -2.18. The van der Waals surface area contributed by atoms with Crippen LogP contribution in [0.5, 0.6) is 5.75 Å². The monoisotopic (exact) mass is 316 g/mol. The van der Waals surface area contributed by atoms with Gasteiger partial charge in [0.15, 0.2) is 0 Å². The minimum Gasteiger partial charge on any atom is -0.497 e. The molecule has 0 saturated carbocycles. The van der Waals surface area contributed by atoms with E-state index < -0.39 is 12.7 Å². The highest BCUT2D eigenvalue weighted by Crippen LogP contribution is 2.22. The largest absolute Gasteiger partial charge is 0.497 e. The van der Waals surface area contributed by atoms with Gasteiger partial charge in [0.1, 0.15) is 5.75 Å². The highest BCUT2D eigenvalue weighted by molar-refractivity contribution is 5.94. The summed E-state index contributed by atoms with van der Waals surface area (Å²) in [4.78, 5) is 13.3. The molecule has 1 aromatic rings. The van der Waals surface area contributed by atoms with Crippen molar-refractivity contribution in [2.45, 2.75) is 12.6 Å². The van der Waals surface area contributed by atoms with Crippen LogP contribution in [0, 0.1) is 5.92 Å². The minimum absolute atomic E-state index is 0.0598. The van der Waals surface area contributed by atoms with Gasteiger partial charge < -0.3 is 10.1 Å². The highest BCUT2D eigenvalue weighted by atomic mass is 19.4. The Labute approximate surface area is 127 Å². The van der Waals surface area contributed by atoms with Crippen LogP contribution in [0.3, 0.4) is 0 Å². The summed E-state index contributed by atoms with van der Waals surface area (Å²) < 4.78 is 41.9. The van der Waals surface area contributed by atoms with Crippen LogP contribution in [0.15, 0.2) is 24.3 Å². The number of methoxy groups -OCH3 is 1. The Bertz CT molecular complexity index is 503.